The van der Waals surface area contributed by atoms with Gasteiger partial charge in [-0.05, 0) is 48.8 Å². The van der Waals surface area contributed by atoms with Gasteiger partial charge in [0.15, 0.2) is 0 Å². The number of pyridine rings is 1. The van der Waals surface area contributed by atoms with E-state index in [-0.39, 0.29) is 13.2 Å². The van der Waals surface area contributed by atoms with Crippen LogP contribution in [-0.2, 0) is 11.3 Å². The van der Waals surface area contributed by atoms with Crippen molar-refractivity contribution in [2.24, 2.45) is 0 Å². The number of aliphatic hydroxyl groups excluding tert-OH is 1. The first kappa shape index (κ1) is 20.8. The number of amides is 1. The highest BCUT2D eigenvalue weighted by molar-refractivity contribution is 5.90. The predicted octanol–water partition coefficient (Wildman–Crippen LogP) is 1.42. The van der Waals surface area contributed by atoms with Crippen molar-refractivity contribution < 1.29 is 19.0 Å². The monoisotopic (exact) mass is 427 g/mol. The lowest BCUT2D eigenvalue weighted by Crippen LogP contribution is -2.25. The highest BCUT2D eigenvalue weighted by Crippen LogP contribution is 2.29. The smallest absolute Gasteiger partial charge is 0.414 e. The number of aliphatic hydroxyl groups is 1. The van der Waals surface area contributed by atoms with Gasteiger partial charge in [0.1, 0.15) is 17.6 Å². The van der Waals surface area contributed by atoms with Gasteiger partial charge in [0.25, 0.3) is 0 Å². The number of tetrazole rings is 1. The van der Waals surface area contributed by atoms with Crippen LogP contribution in [-0.4, -0.2) is 81.2 Å². The first-order chi connectivity index (χ1) is 15.0. The van der Waals surface area contributed by atoms with Crippen molar-refractivity contribution in [2.45, 2.75) is 12.6 Å². The van der Waals surface area contributed by atoms with Crippen LogP contribution in [0.1, 0.15) is 0 Å². The Morgan fingerprint density at radius 3 is 2.77 bits per heavy atom. The van der Waals surface area contributed by atoms with Gasteiger partial charge in [-0.25, -0.2) is 13.9 Å². The van der Waals surface area contributed by atoms with Crippen LogP contribution in [0.15, 0.2) is 36.5 Å². The highest BCUT2D eigenvalue weighted by Gasteiger charge is 2.32. The zero-order valence-corrected chi connectivity index (χ0v) is 17.1. The van der Waals surface area contributed by atoms with Crippen molar-refractivity contribution in [3.63, 3.8) is 0 Å². The zero-order chi connectivity index (χ0) is 22.0. The van der Waals surface area contributed by atoms with Crippen molar-refractivity contribution in [1.82, 2.24) is 30.1 Å². The Kier molecular flexibility index (Phi) is 5.87. The molecule has 1 saturated heterocycles. The number of halogens is 1. The average molecular weight is 427 g/mol. The van der Waals surface area contributed by atoms with E-state index in [4.69, 9.17) is 9.84 Å². The maximum absolute atomic E-state index is 14.8. The summed E-state index contributed by atoms with van der Waals surface area (Å²) in [4.78, 5) is 19.6. The fourth-order valence-corrected chi connectivity index (χ4v) is 3.25. The number of carbonyl (C=O) groups is 1. The fourth-order valence-electron chi connectivity index (χ4n) is 3.25. The molecule has 0 saturated carbocycles. The average Bonchev–Trinajstić information content (AvgIpc) is 3.38. The highest BCUT2D eigenvalue weighted by atomic mass is 19.1. The van der Waals surface area contributed by atoms with Crippen LogP contribution in [0.2, 0.25) is 0 Å². The van der Waals surface area contributed by atoms with Crippen molar-refractivity contribution in [3.05, 3.63) is 42.3 Å². The van der Waals surface area contributed by atoms with E-state index >= 15 is 0 Å². The van der Waals surface area contributed by atoms with Crippen molar-refractivity contribution in [2.75, 3.05) is 38.7 Å². The SMILES string of the molecule is CN(C)CCn1nnnc1-c1ccc(-c2ccc(N3C[C@H](CO)OC3=O)cc2F)cn1. The molecular weight excluding hydrogens is 405 g/mol. The van der Waals surface area contributed by atoms with Gasteiger partial charge in [-0.3, -0.25) is 9.88 Å². The molecule has 1 aliphatic rings. The topological polar surface area (TPSA) is 110 Å². The molecule has 0 spiro atoms. The molecule has 0 radical (unpaired) electrons. The van der Waals surface area contributed by atoms with Gasteiger partial charge < -0.3 is 14.7 Å². The molecule has 3 heterocycles. The summed E-state index contributed by atoms with van der Waals surface area (Å²) < 4.78 is 21.5. The molecule has 10 nitrogen and oxygen atoms in total. The van der Waals surface area contributed by atoms with Crippen LogP contribution in [0.4, 0.5) is 14.9 Å². The number of hydrogen-bond donors (Lipinski definition) is 1. The Morgan fingerprint density at radius 1 is 1.29 bits per heavy atom. The Hall–Kier alpha value is -3.44. The predicted molar refractivity (Wildman–Crippen MR) is 110 cm³/mol. The van der Waals surface area contributed by atoms with E-state index < -0.39 is 18.0 Å². The molecule has 4 rings (SSSR count). The number of ether oxygens (including phenoxy) is 1. The van der Waals surface area contributed by atoms with Gasteiger partial charge in [0.05, 0.1) is 25.4 Å². The van der Waals surface area contributed by atoms with E-state index in [0.29, 0.717) is 34.9 Å². The number of hydrogen-bond acceptors (Lipinski definition) is 8. The summed E-state index contributed by atoms with van der Waals surface area (Å²) in [7, 11) is 3.93. The minimum absolute atomic E-state index is 0.174. The Labute approximate surface area is 177 Å². The first-order valence-corrected chi connectivity index (χ1v) is 9.72. The Balaban J connectivity index is 1.54. The second kappa shape index (κ2) is 8.74. The number of rotatable bonds is 7. The van der Waals surface area contributed by atoms with Gasteiger partial charge in [0.2, 0.25) is 5.82 Å². The Bertz CT molecular complexity index is 1070. The summed E-state index contributed by atoms with van der Waals surface area (Å²) in [6.45, 7) is 1.29. The van der Waals surface area contributed by atoms with Gasteiger partial charge in [0, 0.05) is 23.9 Å². The zero-order valence-electron chi connectivity index (χ0n) is 17.1. The minimum atomic E-state index is -0.610. The molecule has 0 unspecified atom stereocenters. The van der Waals surface area contributed by atoms with Crippen LogP contribution in [0, 0.1) is 5.82 Å². The molecule has 0 bridgehead atoms. The van der Waals surface area contributed by atoms with E-state index in [1.165, 1.54) is 11.0 Å². The quantitative estimate of drug-likeness (QED) is 0.603. The van der Waals surface area contributed by atoms with Crippen molar-refractivity contribution in [1.29, 1.82) is 0 Å². The third-order valence-corrected chi connectivity index (χ3v) is 4.94. The second-order valence-corrected chi connectivity index (χ2v) is 7.42. The largest absolute Gasteiger partial charge is 0.441 e. The van der Waals surface area contributed by atoms with E-state index in [9.17, 15) is 9.18 Å². The molecule has 162 valence electrons. The molecule has 1 atom stereocenters. The van der Waals surface area contributed by atoms with Crippen molar-refractivity contribution in [3.8, 4) is 22.6 Å². The standard InChI is InChI=1S/C20H22FN7O3/c1-26(2)7-8-28-19(23-24-25-28)18-6-3-13(10-22-18)16-5-4-14(9-17(16)21)27-11-15(12-29)31-20(27)30/h3-6,9-10,15,29H,7-8,11-12H2,1-2H3/t15-/m1/s1. The molecule has 1 amide bonds. The number of aromatic nitrogens is 5. The summed E-state index contributed by atoms with van der Waals surface area (Å²) in [6.07, 6.45) is 0.343. The minimum Gasteiger partial charge on any atom is -0.441 e. The number of benzene rings is 1. The third-order valence-electron chi connectivity index (χ3n) is 4.94. The fraction of sp³-hybridized carbons (Fsp3) is 0.350. The number of nitrogens with zero attached hydrogens (tertiary/aromatic N) is 7. The summed E-state index contributed by atoms with van der Waals surface area (Å²) in [5.74, 6) is 0.0401. The molecule has 3 aromatic rings. The van der Waals surface area contributed by atoms with Gasteiger partial charge in [-0.15, -0.1) is 5.10 Å². The molecular formula is C20H22FN7O3. The second-order valence-electron chi connectivity index (χ2n) is 7.42. The van der Waals surface area contributed by atoms with Crippen LogP contribution < -0.4 is 4.90 Å². The third kappa shape index (κ3) is 4.37. The summed E-state index contributed by atoms with van der Waals surface area (Å²) >= 11 is 0. The molecule has 11 heteroatoms. The number of likely N-dealkylation sites (N-methyl/N-ethyl adjacent to an activating group) is 1. The van der Waals surface area contributed by atoms with Gasteiger partial charge >= 0.3 is 6.09 Å². The molecule has 2 aromatic heterocycles. The molecule has 1 fully saturated rings. The summed E-state index contributed by atoms with van der Waals surface area (Å²) in [6, 6.07) is 7.98. The molecule has 1 N–H and O–H groups in total. The lowest BCUT2D eigenvalue weighted by Gasteiger charge is -2.14. The van der Waals surface area contributed by atoms with Crippen molar-refractivity contribution >= 4 is 11.8 Å². The molecule has 0 aliphatic carbocycles. The Morgan fingerprint density at radius 2 is 2.13 bits per heavy atom. The van der Waals surface area contributed by atoms with E-state index in [1.54, 1.807) is 35.1 Å². The van der Waals surface area contributed by atoms with Gasteiger partial charge in [-0.2, -0.15) is 0 Å². The number of carbonyl (C=O) groups excluding carboxylic acids is 1. The number of anilines is 1. The maximum atomic E-state index is 14.8. The lowest BCUT2D eigenvalue weighted by molar-refractivity contribution is 0.0963. The summed E-state index contributed by atoms with van der Waals surface area (Å²) in [5.41, 5.74) is 1.88. The first-order valence-electron chi connectivity index (χ1n) is 9.72. The van der Waals surface area contributed by atoms with Gasteiger partial charge in [-0.1, -0.05) is 6.07 Å². The van der Waals surface area contributed by atoms with E-state index in [1.807, 2.05) is 19.0 Å². The molecule has 31 heavy (non-hydrogen) atoms. The van der Waals surface area contributed by atoms with Crippen LogP contribution in [0.5, 0.6) is 0 Å². The normalized spacial score (nSPS) is 16.2. The van der Waals surface area contributed by atoms with Crippen LogP contribution >= 0.6 is 0 Å². The van der Waals surface area contributed by atoms with E-state index in [0.717, 1.165) is 6.54 Å². The molecule has 1 aromatic carbocycles. The molecule has 1 aliphatic heterocycles. The van der Waals surface area contributed by atoms with Crippen LogP contribution in [0.25, 0.3) is 22.6 Å². The number of cyclic esters (lactones) is 1. The van der Waals surface area contributed by atoms with Crippen LogP contribution in [0.3, 0.4) is 0 Å². The lowest BCUT2D eigenvalue weighted by atomic mass is 10.1. The maximum Gasteiger partial charge on any atom is 0.414 e. The van der Waals surface area contributed by atoms with E-state index in [2.05, 4.69) is 20.5 Å². The summed E-state index contributed by atoms with van der Waals surface area (Å²) in [5, 5.41) is 20.9.